The Morgan fingerprint density at radius 3 is 2.89 bits per heavy atom. The van der Waals surface area contributed by atoms with E-state index in [1.165, 1.54) is 12.4 Å². The van der Waals surface area contributed by atoms with Gasteiger partial charge in [0.15, 0.2) is 0 Å². The highest BCUT2D eigenvalue weighted by Crippen LogP contribution is 1.60. The summed E-state index contributed by atoms with van der Waals surface area (Å²) < 4.78 is 0. The van der Waals surface area contributed by atoms with Crippen molar-refractivity contribution in [2.45, 2.75) is 0 Å². The van der Waals surface area contributed by atoms with Crippen LogP contribution in [-0.2, 0) is 0 Å². The minimum Gasteiger partial charge on any atom is -0.409 e. The van der Waals surface area contributed by atoms with E-state index in [4.69, 9.17) is 11.0 Å². The molecule has 0 atom stereocenters. The SMILES string of the molecule is NN=c1nccnn1O. The van der Waals surface area contributed by atoms with Crippen LogP contribution in [0.3, 0.4) is 0 Å². The molecular formula is C3H5N5O. The molecular weight excluding hydrogens is 122 g/mol. The summed E-state index contributed by atoms with van der Waals surface area (Å²) in [5.41, 5.74) is -0.0301. The molecule has 0 spiro atoms. The standard InChI is InChI=1S/C3H5N5O/c4-7-3-5-1-2-6-8(3)9/h1-2,9H,4H2. The largest absolute Gasteiger partial charge is 0.409 e. The first-order valence-corrected chi connectivity index (χ1v) is 2.18. The monoisotopic (exact) mass is 127 g/mol. The number of aromatic nitrogens is 3. The van der Waals surface area contributed by atoms with E-state index in [2.05, 4.69) is 15.2 Å². The van der Waals surface area contributed by atoms with Crippen LogP contribution < -0.4 is 11.5 Å². The molecule has 9 heavy (non-hydrogen) atoms. The average Bonchev–Trinajstić information content (AvgIpc) is 1.89. The predicted octanol–water partition coefficient (Wildman–Crippen LogP) is -1.71. The highest BCUT2D eigenvalue weighted by atomic mass is 16.5. The van der Waals surface area contributed by atoms with Crippen molar-refractivity contribution in [3.8, 4) is 0 Å². The van der Waals surface area contributed by atoms with Gasteiger partial charge in [-0.25, -0.2) is 4.98 Å². The van der Waals surface area contributed by atoms with Crippen molar-refractivity contribution in [3.05, 3.63) is 18.0 Å². The summed E-state index contributed by atoms with van der Waals surface area (Å²) in [4.78, 5) is 4.04. The van der Waals surface area contributed by atoms with Gasteiger partial charge in [0, 0.05) is 0 Å². The third-order valence-electron chi connectivity index (χ3n) is 0.727. The Balaban J connectivity index is 3.33. The van der Waals surface area contributed by atoms with Crippen molar-refractivity contribution in [2.75, 3.05) is 0 Å². The van der Waals surface area contributed by atoms with Gasteiger partial charge in [-0.05, 0) is 0 Å². The van der Waals surface area contributed by atoms with Crippen molar-refractivity contribution in [3.63, 3.8) is 0 Å². The summed E-state index contributed by atoms with van der Waals surface area (Å²) in [7, 11) is 0. The molecule has 0 fully saturated rings. The van der Waals surface area contributed by atoms with Crippen LogP contribution in [0, 0.1) is 0 Å². The molecule has 1 aromatic heterocycles. The van der Waals surface area contributed by atoms with Crippen LogP contribution in [0.5, 0.6) is 0 Å². The lowest BCUT2D eigenvalue weighted by molar-refractivity contribution is 0.125. The van der Waals surface area contributed by atoms with Gasteiger partial charge in [0.1, 0.15) is 0 Å². The highest BCUT2D eigenvalue weighted by Gasteiger charge is 1.84. The topological polar surface area (TPSA) is 89.3 Å². The first-order chi connectivity index (χ1) is 4.34. The molecule has 0 amide bonds. The molecule has 0 aromatic carbocycles. The second-order valence-electron chi connectivity index (χ2n) is 1.26. The van der Waals surface area contributed by atoms with E-state index in [0.29, 0.717) is 4.85 Å². The van der Waals surface area contributed by atoms with Gasteiger partial charge in [-0.15, -0.1) is 10.2 Å². The smallest absolute Gasteiger partial charge is 0.300 e. The number of nitrogens with two attached hydrogens (primary N) is 1. The van der Waals surface area contributed by atoms with Crippen molar-refractivity contribution in [2.24, 2.45) is 10.9 Å². The van der Waals surface area contributed by atoms with E-state index in [-0.39, 0.29) is 5.62 Å². The van der Waals surface area contributed by atoms with Gasteiger partial charge in [0.25, 0.3) is 5.62 Å². The lowest BCUT2D eigenvalue weighted by Crippen LogP contribution is -2.25. The molecule has 0 aliphatic carbocycles. The van der Waals surface area contributed by atoms with Crippen LogP contribution in [0.2, 0.25) is 0 Å². The van der Waals surface area contributed by atoms with Crippen LogP contribution >= 0.6 is 0 Å². The average molecular weight is 127 g/mol. The van der Waals surface area contributed by atoms with Crippen molar-refractivity contribution in [1.29, 1.82) is 0 Å². The Bertz CT molecular complexity index is 252. The van der Waals surface area contributed by atoms with E-state index < -0.39 is 0 Å². The van der Waals surface area contributed by atoms with Crippen LogP contribution in [0.4, 0.5) is 0 Å². The van der Waals surface area contributed by atoms with Gasteiger partial charge < -0.3 is 11.0 Å². The molecule has 0 aliphatic heterocycles. The van der Waals surface area contributed by atoms with E-state index in [1.807, 2.05) is 0 Å². The minimum atomic E-state index is -0.0301. The quantitative estimate of drug-likeness (QED) is 0.246. The minimum absolute atomic E-state index is 0.0301. The van der Waals surface area contributed by atoms with Gasteiger partial charge in [-0.2, -0.15) is 0 Å². The Labute approximate surface area is 50.2 Å². The fraction of sp³-hybridized carbons (Fsp3) is 0. The summed E-state index contributed by atoms with van der Waals surface area (Å²) in [5, 5.41) is 15.2. The molecule has 0 aliphatic rings. The molecule has 3 N–H and O–H groups in total. The van der Waals surface area contributed by atoms with Crippen molar-refractivity contribution >= 4 is 0 Å². The van der Waals surface area contributed by atoms with E-state index in [9.17, 15) is 0 Å². The number of hydrogen-bond acceptors (Lipinski definition) is 5. The van der Waals surface area contributed by atoms with E-state index in [0.717, 1.165) is 0 Å². The summed E-state index contributed by atoms with van der Waals surface area (Å²) in [6, 6.07) is 0. The number of hydrogen-bond donors (Lipinski definition) is 2. The second-order valence-corrected chi connectivity index (χ2v) is 1.26. The van der Waals surface area contributed by atoms with Gasteiger partial charge in [0.2, 0.25) is 0 Å². The maximum Gasteiger partial charge on any atom is 0.300 e. The zero-order valence-electron chi connectivity index (χ0n) is 4.47. The second kappa shape index (κ2) is 2.12. The summed E-state index contributed by atoms with van der Waals surface area (Å²) in [6.07, 6.45) is 2.69. The zero-order valence-corrected chi connectivity index (χ0v) is 4.47. The first kappa shape index (κ1) is 5.54. The van der Waals surface area contributed by atoms with Crippen LogP contribution in [0.25, 0.3) is 0 Å². The third-order valence-corrected chi connectivity index (χ3v) is 0.727. The van der Waals surface area contributed by atoms with E-state index in [1.54, 1.807) is 0 Å². The lowest BCUT2D eigenvalue weighted by atomic mass is 10.9. The molecule has 0 saturated heterocycles. The van der Waals surface area contributed by atoms with Gasteiger partial charge >= 0.3 is 0 Å². The molecule has 6 heteroatoms. The van der Waals surface area contributed by atoms with Gasteiger partial charge in [-0.1, -0.05) is 4.85 Å². The summed E-state index contributed by atoms with van der Waals surface area (Å²) >= 11 is 0. The molecule has 48 valence electrons. The highest BCUT2D eigenvalue weighted by molar-refractivity contribution is 4.61. The number of nitrogens with zero attached hydrogens (tertiary/aromatic N) is 4. The summed E-state index contributed by atoms with van der Waals surface area (Å²) in [6.45, 7) is 0. The van der Waals surface area contributed by atoms with Gasteiger partial charge in [-0.3, -0.25) is 0 Å². The Morgan fingerprint density at radius 2 is 2.44 bits per heavy atom. The Hall–Kier alpha value is -1.59. The van der Waals surface area contributed by atoms with Crippen LogP contribution in [0.15, 0.2) is 17.5 Å². The normalized spacial score (nSPS) is 11.8. The fourth-order valence-corrected chi connectivity index (χ4v) is 0.381. The molecule has 1 heterocycles. The summed E-state index contributed by atoms with van der Waals surface area (Å²) in [5.74, 6) is 4.79. The maximum absolute atomic E-state index is 8.68. The Morgan fingerprint density at radius 1 is 1.67 bits per heavy atom. The van der Waals surface area contributed by atoms with Gasteiger partial charge in [0.05, 0.1) is 12.4 Å². The third kappa shape index (κ3) is 0.958. The first-order valence-electron chi connectivity index (χ1n) is 2.18. The Kier molecular flexibility index (Phi) is 1.31. The molecule has 1 rings (SSSR count). The maximum atomic E-state index is 8.68. The molecule has 0 unspecified atom stereocenters. The van der Waals surface area contributed by atoms with Crippen LogP contribution in [0.1, 0.15) is 0 Å². The predicted molar refractivity (Wildman–Crippen MR) is 27.0 cm³/mol. The molecule has 6 nitrogen and oxygen atoms in total. The van der Waals surface area contributed by atoms with E-state index >= 15 is 0 Å². The number of rotatable bonds is 0. The molecule has 0 saturated carbocycles. The fourth-order valence-electron chi connectivity index (χ4n) is 0.381. The molecule has 0 radical (unpaired) electrons. The molecule has 1 aromatic rings. The van der Waals surface area contributed by atoms with Crippen molar-refractivity contribution in [1.82, 2.24) is 14.9 Å². The zero-order chi connectivity index (χ0) is 6.69. The van der Waals surface area contributed by atoms with Crippen molar-refractivity contribution < 1.29 is 5.21 Å². The lowest BCUT2D eigenvalue weighted by Gasteiger charge is -1.89. The van der Waals surface area contributed by atoms with Crippen LogP contribution in [-0.4, -0.2) is 20.1 Å². The molecule has 0 bridgehead atoms.